The summed E-state index contributed by atoms with van der Waals surface area (Å²) >= 11 is 1.84. The van der Waals surface area contributed by atoms with Crippen LogP contribution in [-0.2, 0) is 5.41 Å². The van der Waals surface area contributed by atoms with Crippen LogP contribution in [0.2, 0.25) is 0 Å². The Kier molecular flexibility index (Phi) is 5.07. The molecule has 1 aromatic heterocycles. The third kappa shape index (κ3) is 3.75. The molecule has 19 heavy (non-hydrogen) atoms. The van der Waals surface area contributed by atoms with Crippen LogP contribution in [0.5, 0.6) is 0 Å². The number of anilines is 2. The van der Waals surface area contributed by atoms with Gasteiger partial charge in [-0.25, -0.2) is 9.97 Å². The van der Waals surface area contributed by atoms with E-state index in [1.165, 1.54) is 0 Å². The highest BCUT2D eigenvalue weighted by molar-refractivity contribution is 7.98. The Morgan fingerprint density at radius 2 is 1.89 bits per heavy atom. The average Bonchev–Trinajstić information content (AvgIpc) is 2.30. The smallest absolute Gasteiger partial charge is 0.138 e. The molecule has 0 spiro atoms. The molecule has 0 saturated heterocycles. The molecule has 1 aromatic rings. The summed E-state index contributed by atoms with van der Waals surface area (Å²) in [6, 6.07) is 0.413. The lowest BCUT2D eigenvalue weighted by molar-refractivity contribution is 0.544. The molecule has 0 aromatic carbocycles. The number of nitrogens with zero attached hydrogens (tertiary/aromatic N) is 3. The van der Waals surface area contributed by atoms with Crippen molar-refractivity contribution in [2.45, 2.75) is 46.1 Å². The van der Waals surface area contributed by atoms with Gasteiger partial charge in [0.15, 0.2) is 0 Å². The third-order valence-electron chi connectivity index (χ3n) is 3.23. The van der Waals surface area contributed by atoms with Crippen molar-refractivity contribution in [1.29, 1.82) is 0 Å². The molecule has 0 aliphatic carbocycles. The van der Waals surface area contributed by atoms with Crippen LogP contribution in [0.25, 0.3) is 0 Å². The van der Waals surface area contributed by atoms with Gasteiger partial charge in [0.1, 0.15) is 17.5 Å². The van der Waals surface area contributed by atoms with Crippen LogP contribution in [0.1, 0.15) is 39.1 Å². The molecular weight excluding hydrogens is 256 g/mol. The first-order chi connectivity index (χ1) is 8.68. The molecule has 0 bridgehead atoms. The van der Waals surface area contributed by atoms with E-state index in [-0.39, 0.29) is 5.41 Å². The van der Waals surface area contributed by atoms with Crippen molar-refractivity contribution in [3.8, 4) is 0 Å². The van der Waals surface area contributed by atoms with E-state index in [9.17, 15) is 0 Å². The monoisotopic (exact) mass is 282 g/mol. The highest BCUT2D eigenvalue weighted by atomic mass is 32.2. The summed E-state index contributed by atoms with van der Waals surface area (Å²) in [5.41, 5.74) is 6.91. The number of hydrogen-bond acceptors (Lipinski definition) is 5. The number of thioether (sulfide) groups is 1. The first-order valence-electron chi connectivity index (χ1n) is 6.54. The van der Waals surface area contributed by atoms with Gasteiger partial charge in [-0.3, -0.25) is 0 Å². The Labute approximate surface area is 121 Å². The summed E-state index contributed by atoms with van der Waals surface area (Å²) in [7, 11) is 2.07. The van der Waals surface area contributed by atoms with Crippen molar-refractivity contribution in [2.24, 2.45) is 0 Å². The number of rotatable bonds is 4. The van der Waals surface area contributed by atoms with E-state index in [1.807, 2.05) is 18.7 Å². The van der Waals surface area contributed by atoms with Crippen molar-refractivity contribution in [3.05, 3.63) is 11.4 Å². The normalized spacial score (nSPS) is 13.4. The van der Waals surface area contributed by atoms with Gasteiger partial charge < -0.3 is 10.6 Å². The van der Waals surface area contributed by atoms with Gasteiger partial charge in [-0.15, -0.1) is 0 Å². The van der Waals surface area contributed by atoms with Crippen LogP contribution < -0.4 is 10.6 Å². The minimum atomic E-state index is -0.0971. The zero-order valence-corrected chi connectivity index (χ0v) is 13.9. The van der Waals surface area contributed by atoms with Crippen LogP contribution in [0, 0.1) is 6.92 Å². The first-order valence-corrected chi connectivity index (χ1v) is 7.94. The summed E-state index contributed by atoms with van der Waals surface area (Å²) < 4.78 is 0. The molecule has 1 atom stereocenters. The molecule has 0 aliphatic heterocycles. The summed E-state index contributed by atoms with van der Waals surface area (Å²) in [4.78, 5) is 11.4. The average molecular weight is 282 g/mol. The Bertz CT molecular complexity index is 440. The second-order valence-electron chi connectivity index (χ2n) is 6.05. The maximum atomic E-state index is 6.05. The van der Waals surface area contributed by atoms with Crippen LogP contribution in [0.4, 0.5) is 11.6 Å². The molecule has 0 radical (unpaired) electrons. The predicted octanol–water partition coefficient (Wildman–Crippen LogP) is 2.85. The molecule has 1 heterocycles. The Morgan fingerprint density at radius 1 is 1.32 bits per heavy atom. The Hall–Kier alpha value is -0.970. The SMILES string of the molecule is CSCC(C)N(C)c1nc(C(C)(C)C)nc(N)c1C. The number of nitrogen functional groups attached to an aromatic ring is 1. The maximum absolute atomic E-state index is 6.05. The zero-order chi connectivity index (χ0) is 14.8. The lowest BCUT2D eigenvalue weighted by atomic mass is 9.95. The molecular formula is C14H26N4S. The Morgan fingerprint density at radius 3 is 2.37 bits per heavy atom. The zero-order valence-electron chi connectivity index (χ0n) is 13.1. The highest BCUT2D eigenvalue weighted by Gasteiger charge is 2.23. The molecule has 0 aliphatic rings. The summed E-state index contributed by atoms with van der Waals surface area (Å²) in [6.07, 6.45) is 2.12. The number of hydrogen-bond donors (Lipinski definition) is 1. The highest BCUT2D eigenvalue weighted by Crippen LogP contribution is 2.27. The fraction of sp³-hybridized carbons (Fsp3) is 0.714. The number of nitrogens with two attached hydrogens (primary N) is 1. The van der Waals surface area contributed by atoms with Gasteiger partial charge >= 0.3 is 0 Å². The summed E-state index contributed by atoms with van der Waals surface area (Å²) in [6.45, 7) is 10.5. The van der Waals surface area contributed by atoms with E-state index >= 15 is 0 Å². The Balaban J connectivity index is 3.23. The minimum absolute atomic E-state index is 0.0971. The van der Waals surface area contributed by atoms with E-state index < -0.39 is 0 Å². The van der Waals surface area contributed by atoms with Gasteiger partial charge in [0, 0.05) is 29.8 Å². The lowest BCUT2D eigenvalue weighted by Crippen LogP contribution is -2.33. The van der Waals surface area contributed by atoms with Crippen LogP contribution in [0.15, 0.2) is 0 Å². The third-order valence-corrected chi connectivity index (χ3v) is 4.05. The van der Waals surface area contributed by atoms with E-state index in [1.54, 1.807) is 0 Å². The molecule has 2 N–H and O–H groups in total. The fourth-order valence-corrected chi connectivity index (χ4v) is 2.47. The van der Waals surface area contributed by atoms with Crippen LogP contribution >= 0.6 is 11.8 Å². The van der Waals surface area contributed by atoms with E-state index in [4.69, 9.17) is 10.7 Å². The fourth-order valence-electron chi connectivity index (χ4n) is 1.76. The van der Waals surface area contributed by atoms with Crippen LogP contribution in [0.3, 0.4) is 0 Å². The summed E-state index contributed by atoms with van der Waals surface area (Å²) in [5, 5.41) is 0. The first kappa shape index (κ1) is 16.1. The van der Waals surface area contributed by atoms with Gasteiger partial charge in [-0.1, -0.05) is 20.8 Å². The van der Waals surface area contributed by atoms with Crippen molar-refractivity contribution in [3.63, 3.8) is 0 Å². The van der Waals surface area contributed by atoms with Crippen molar-refractivity contribution >= 4 is 23.4 Å². The molecule has 0 fully saturated rings. The molecule has 5 heteroatoms. The van der Waals surface area contributed by atoms with Crippen LogP contribution in [-0.4, -0.2) is 35.1 Å². The summed E-state index contributed by atoms with van der Waals surface area (Å²) in [5.74, 6) is 3.39. The minimum Gasteiger partial charge on any atom is -0.383 e. The molecule has 1 rings (SSSR count). The topological polar surface area (TPSA) is 55.0 Å². The van der Waals surface area contributed by atoms with Gasteiger partial charge in [-0.05, 0) is 20.1 Å². The second-order valence-corrected chi connectivity index (χ2v) is 6.96. The molecule has 1 unspecified atom stereocenters. The molecule has 0 amide bonds. The largest absolute Gasteiger partial charge is 0.383 e. The van der Waals surface area contributed by atoms with Crippen molar-refractivity contribution in [2.75, 3.05) is 29.7 Å². The van der Waals surface area contributed by atoms with E-state index in [2.05, 4.69) is 50.9 Å². The molecule has 0 saturated carbocycles. The quantitative estimate of drug-likeness (QED) is 0.920. The van der Waals surface area contributed by atoms with E-state index in [0.717, 1.165) is 23.0 Å². The maximum Gasteiger partial charge on any atom is 0.138 e. The standard InChI is InChI=1S/C14H26N4S/c1-9(8-19-7)18(6)12-10(2)11(15)16-13(17-12)14(3,4)5/h9H,8H2,1-7H3,(H2,15,16,17). The number of aromatic nitrogens is 2. The van der Waals surface area contributed by atoms with Gasteiger partial charge in [0.2, 0.25) is 0 Å². The van der Waals surface area contributed by atoms with Crippen molar-refractivity contribution in [1.82, 2.24) is 9.97 Å². The van der Waals surface area contributed by atoms with Gasteiger partial charge in [-0.2, -0.15) is 11.8 Å². The lowest BCUT2D eigenvalue weighted by Gasteiger charge is -2.29. The van der Waals surface area contributed by atoms with Gasteiger partial charge in [0.05, 0.1) is 0 Å². The second kappa shape index (κ2) is 5.99. The van der Waals surface area contributed by atoms with E-state index in [0.29, 0.717) is 11.9 Å². The van der Waals surface area contributed by atoms with Crippen molar-refractivity contribution < 1.29 is 0 Å². The van der Waals surface area contributed by atoms with Gasteiger partial charge in [0.25, 0.3) is 0 Å². The molecule has 4 nitrogen and oxygen atoms in total. The predicted molar refractivity (Wildman–Crippen MR) is 86.1 cm³/mol. The molecule has 108 valence electrons.